The molecule has 1 aromatic rings. The Balaban J connectivity index is 2.17. The van der Waals surface area contributed by atoms with Crippen LogP contribution in [0.2, 0.25) is 0 Å². The number of aliphatic imine (C=N–C) groups is 1. The van der Waals surface area contributed by atoms with Gasteiger partial charge in [0, 0.05) is 6.42 Å². The molecule has 19 heavy (non-hydrogen) atoms. The van der Waals surface area contributed by atoms with Crippen molar-refractivity contribution in [3.05, 3.63) is 41.1 Å². The van der Waals surface area contributed by atoms with Gasteiger partial charge in [0.05, 0.1) is 0 Å². The smallest absolute Gasteiger partial charge is 0.275 e. The van der Waals surface area contributed by atoms with Crippen molar-refractivity contribution in [1.82, 2.24) is 5.32 Å². The molecule has 1 aromatic carbocycles. The molecular formula is C16H20N2O. The summed E-state index contributed by atoms with van der Waals surface area (Å²) in [5.74, 6) is 1.16. The van der Waals surface area contributed by atoms with Gasteiger partial charge in [0.15, 0.2) is 0 Å². The predicted molar refractivity (Wildman–Crippen MR) is 78.8 cm³/mol. The molecule has 0 saturated heterocycles. The Labute approximate surface area is 114 Å². The van der Waals surface area contributed by atoms with Crippen molar-refractivity contribution in [2.45, 2.75) is 33.6 Å². The molecule has 0 atom stereocenters. The molecule has 0 aromatic heterocycles. The molecule has 0 unspecified atom stereocenters. The van der Waals surface area contributed by atoms with Crippen molar-refractivity contribution in [2.75, 3.05) is 0 Å². The number of aryl methyl sites for hydroxylation is 1. The third-order valence-electron chi connectivity index (χ3n) is 3.04. The van der Waals surface area contributed by atoms with Gasteiger partial charge in [0.1, 0.15) is 11.5 Å². The van der Waals surface area contributed by atoms with Crippen LogP contribution >= 0.6 is 0 Å². The molecule has 0 saturated carbocycles. The van der Waals surface area contributed by atoms with Crippen LogP contribution < -0.4 is 5.32 Å². The Morgan fingerprint density at radius 2 is 1.95 bits per heavy atom. The zero-order valence-corrected chi connectivity index (χ0v) is 11.7. The van der Waals surface area contributed by atoms with Crippen molar-refractivity contribution in [3.8, 4) is 0 Å². The van der Waals surface area contributed by atoms with Crippen LogP contribution in [0, 0.1) is 5.92 Å². The predicted octanol–water partition coefficient (Wildman–Crippen LogP) is 3.16. The van der Waals surface area contributed by atoms with Gasteiger partial charge in [-0.1, -0.05) is 45.0 Å². The third-order valence-corrected chi connectivity index (χ3v) is 3.04. The van der Waals surface area contributed by atoms with E-state index in [4.69, 9.17) is 0 Å². The van der Waals surface area contributed by atoms with Gasteiger partial charge >= 0.3 is 0 Å². The molecule has 0 fully saturated rings. The molecule has 0 aliphatic carbocycles. The highest BCUT2D eigenvalue weighted by Gasteiger charge is 2.20. The summed E-state index contributed by atoms with van der Waals surface area (Å²) in [6.45, 7) is 6.35. The standard InChI is InChI=1S/C16H20N2O/c1-4-12-5-7-13(8-6-12)10-14-16(19)18-15(17-14)9-11(2)3/h5-8,10-11H,4,9H2,1-3H3,(H,17,18,19)/b14-10+. The minimum atomic E-state index is -0.102. The van der Waals surface area contributed by atoms with Crippen LogP contribution in [0.3, 0.4) is 0 Å². The number of carbonyl (C=O) groups is 1. The maximum absolute atomic E-state index is 11.8. The van der Waals surface area contributed by atoms with Crippen molar-refractivity contribution >= 4 is 17.8 Å². The van der Waals surface area contributed by atoms with Gasteiger partial charge in [0.2, 0.25) is 0 Å². The van der Waals surface area contributed by atoms with Gasteiger partial charge in [-0.15, -0.1) is 0 Å². The Kier molecular flexibility index (Phi) is 4.15. The van der Waals surface area contributed by atoms with E-state index in [2.05, 4.69) is 43.2 Å². The molecule has 1 aliphatic rings. The van der Waals surface area contributed by atoms with Gasteiger partial charge in [-0.05, 0) is 29.5 Å². The van der Waals surface area contributed by atoms with Crippen LogP contribution in [0.4, 0.5) is 0 Å². The van der Waals surface area contributed by atoms with Gasteiger partial charge < -0.3 is 5.32 Å². The summed E-state index contributed by atoms with van der Waals surface area (Å²) in [4.78, 5) is 16.2. The molecule has 1 aliphatic heterocycles. The third kappa shape index (κ3) is 3.53. The first-order valence-electron chi connectivity index (χ1n) is 6.78. The van der Waals surface area contributed by atoms with Crippen molar-refractivity contribution in [1.29, 1.82) is 0 Å². The van der Waals surface area contributed by atoms with E-state index in [9.17, 15) is 4.79 Å². The minimum absolute atomic E-state index is 0.102. The molecule has 0 bridgehead atoms. The summed E-state index contributed by atoms with van der Waals surface area (Å²) in [6, 6.07) is 8.21. The van der Waals surface area contributed by atoms with E-state index >= 15 is 0 Å². The molecule has 1 N–H and O–H groups in total. The number of amides is 1. The van der Waals surface area contributed by atoms with Crippen LogP contribution in [0.25, 0.3) is 6.08 Å². The van der Waals surface area contributed by atoms with Crippen molar-refractivity contribution in [2.24, 2.45) is 10.9 Å². The molecule has 3 nitrogen and oxygen atoms in total. The van der Waals surface area contributed by atoms with E-state index in [1.165, 1.54) is 5.56 Å². The normalized spacial score (nSPS) is 16.9. The number of hydrogen-bond donors (Lipinski definition) is 1. The molecule has 0 spiro atoms. The molecular weight excluding hydrogens is 236 g/mol. The van der Waals surface area contributed by atoms with Crippen LogP contribution in [0.1, 0.15) is 38.3 Å². The van der Waals surface area contributed by atoms with Crippen LogP contribution in [0.5, 0.6) is 0 Å². The van der Waals surface area contributed by atoms with Gasteiger partial charge in [-0.2, -0.15) is 0 Å². The van der Waals surface area contributed by atoms with Gasteiger partial charge in [0.25, 0.3) is 5.91 Å². The maximum atomic E-state index is 11.8. The first-order chi connectivity index (χ1) is 9.08. The maximum Gasteiger partial charge on any atom is 0.275 e. The second-order valence-corrected chi connectivity index (χ2v) is 5.24. The largest absolute Gasteiger partial charge is 0.309 e. The molecule has 100 valence electrons. The van der Waals surface area contributed by atoms with E-state index in [0.717, 1.165) is 24.2 Å². The van der Waals surface area contributed by atoms with Crippen molar-refractivity contribution < 1.29 is 4.79 Å². The van der Waals surface area contributed by atoms with Gasteiger partial charge in [-0.25, -0.2) is 4.99 Å². The van der Waals surface area contributed by atoms with Gasteiger partial charge in [-0.3, -0.25) is 4.79 Å². The Bertz CT molecular complexity index is 524. The lowest BCUT2D eigenvalue weighted by molar-refractivity contribution is -0.115. The average Bonchev–Trinajstić information content (AvgIpc) is 2.69. The topological polar surface area (TPSA) is 41.5 Å². The number of hydrogen-bond acceptors (Lipinski definition) is 2. The summed E-state index contributed by atoms with van der Waals surface area (Å²) in [6.07, 6.45) is 3.66. The zero-order chi connectivity index (χ0) is 13.8. The fourth-order valence-electron chi connectivity index (χ4n) is 2.01. The number of rotatable bonds is 4. The molecule has 2 rings (SSSR count). The highest BCUT2D eigenvalue weighted by Crippen LogP contribution is 2.15. The van der Waals surface area contributed by atoms with Crippen molar-refractivity contribution in [3.63, 3.8) is 0 Å². The Hall–Kier alpha value is -1.90. The fourth-order valence-corrected chi connectivity index (χ4v) is 2.01. The molecule has 1 heterocycles. The Morgan fingerprint density at radius 3 is 2.53 bits per heavy atom. The highest BCUT2D eigenvalue weighted by molar-refractivity contribution is 6.14. The number of benzene rings is 1. The van der Waals surface area contributed by atoms with Crippen LogP contribution in [0.15, 0.2) is 35.0 Å². The quantitative estimate of drug-likeness (QED) is 0.826. The monoisotopic (exact) mass is 256 g/mol. The SMILES string of the molecule is CCc1ccc(/C=C2/N=C(CC(C)C)NC2=O)cc1. The summed E-state index contributed by atoms with van der Waals surface area (Å²) in [5, 5.41) is 2.82. The molecule has 0 radical (unpaired) electrons. The molecule has 3 heteroatoms. The number of nitrogens with one attached hydrogen (secondary N) is 1. The van der Waals surface area contributed by atoms with E-state index in [0.29, 0.717) is 11.6 Å². The summed E-state index contributed by atoms with van der Waals surface area (Å²) in [7, 11) is 0. The van der Waals surface area contributed by atoms with E-state index in [1.54, 1.807) is 0 Å². The fraction of sp³-hybridized carbons (Fsp3) is 0.375. The van der Waals surface area contributed by atoms with E-state index < -0.39 is 0 Å². The first-order valence-corrected chi connectivity index (χ1v) is 6.78. The summed E-state index contributed by atoms with van der Waals surface area (Å²) >= 11 is 0. The van der Waals surface area contributed by atoms with E-state index in [-0.39, 0.29) is 5.91 Å². The summed E-state index contributed by atoms with van der Waals surface area (Å²) < 4.78 is 0. The number of amidine groups is 1. The second-order valence-electron chi connectivity index (χ2n) is 5.24. The average molecular weight is 256 g/mol. The lowest BCUT2D eigenvalue weighted by Gasteiger charge is -2.02. The number of nitrogens with zero attached hydrogens (tertiary/aromatic N) is 1. The second kappa shape index (κ2) is 5.83. The lowest BCUT2D eigenvalue weighted by atomic mass is 10.1. The lowest BCUT2D eigenvalue weighted by Crippen LogP contribution is -2.24. The van der Waals surface area contributed by atoms with Crippen LogP contribution in [-0.4, -0.2) is 11.7 Å². The zero-order valence-electron chi connectivity index (χ0n) is 11.7. The van der Waals surface area contributed by atoms with Crippen LogP contribution in [-0.2, 0) is 11.2 Å². The summed E-state index contributed by atoms with van der Waals surface area (Å²) in [5.41, 5.74) is 2.80. The van der Waals surface area contributed by atoms with E-state index in [1.807, 2.05) is 18.2 Å². The highest BCUT2D eigenvalue weighted by atomic mass is 16.2. The Morgan fingerprint density at radius 1 is 1.26 bits per heavy atom. The minimum Gasteiger partial charge on any atom is -0.309 e. The molecule has 1 amide bonds. The number of carbonyl (C=O) groups excluding carboxylic acids is 1. The first kappa shape index (κ1) is 13.5.